The zero-order valence-corrected chi connectivity index (χ0v) is 12.9. The lowest BCUT2D eigenvalue weighted by molar-refractivity contribution is -0.121. The average Bonchev–Trinajstić information content (AvgIpc) is 2.85. The van der Waals surface area contributed by atoms with Crippen molar-refractivity contribution in [1.82, 2.24) is 4.98 Å². The molecule has 0 saturated heterocycles. The summed E-state index contributed by atoms with van der Waals surface area (Å²) in [6.45, 7) is 3.20. The number of thiazole rings is 1. The van der Waals surface area contributed by atoms with Gasteiger partial charge in [-0.05, 0) is 32.6 Å². The first-order valence-electron chi connectivity index (χ1n) is 7.03. The van der Waals surface area contributed by atoms with Crippen LogP contribution in [0.1, 0.15) is 30.7 Å². The van der Waals surface area contributed by atoms with E-state index in [0.717, 1.165) is 35.7 Å². The number of hydrogen-bond acceptors (Lipinski definition) is 5. The maximum Gasteiger partial charge on any atom is 0.228 e. The molecule has 0 bridgehead atoms. The molecule has 2 rings (SSSR count). The molecule has 0 aliphatic heterocycles. The maximum absolute atomic E-state index is 12.2. The van der Waals surface area contributed by atoms with E-state index in [1.54, 1.807) is 13.3 Å². The summed E-state index contributed by atoms with van der Waals surface area (Å²) < 4.78 is 10.7. The Morgan fingerprint density at radius 3 is 2.75 bits per heavy atom. The van der Waals surface area contributed by atoms with Gasteiger partial charge in [0.05, 0.1) is 30.5 Å². The second-order valence-electron chi connectivity index (χ2n) is 5.07. The Bertz CT molecular complexity index is 428. The molecule has 0 spiro atoms. The molecule has 5 nitrogen and oxygen atoms in total. The number of nitrogens with zero attached hydrogens (tertiary/aromatic N) is 1. The maximum atomic E-state index is 12.2. The minimum Gasteiger partial charge on any atom is -0.382 e. The van der Waals surface area contributed by atoms with Crippen LogP contribution in [0.3, 0.4) is 0 Å². The number of hydrogen-bond donors (Lipinski definition) is 1. The molecule has 1 saturated carbocycles. The van der Waals surface area contributed by atoms with Gasteiger partial charge in [0.25, 0.3) is 0 Å². The highest BCUT2D eigenvalue weighted by molar-refractivity contribution is 7.15. The van der Waals surface area contributed by atoms with Gasteiger partial charge in [-0.1, -0.05) is 0 Å². The summed E-state index contributed by atoms with van der Waals surface area (Å²) in [5.41, 5.74) is 0. The Balaban J connectivity index is 1.71. The molecule has 112 valence electrons. The lowest BCUT2D eigenvalue weighted by atomic mass is 9.87. The summed E-state index contributed by atoms with van der Waals surface area (Å²) in [4.78, 5) is 16.3. The van der Waals surface area contributed by atoms with E-state index in [-0.39, 0.29) is 17.9 Å². The Morgan fingerprint density at radius 2 is 2.15 bits per heavy atom. The molecule has 1 aromatic rings. The van der Waals surface area contributed by atoms with E-state index in [4.69, 9.17) is 9.47 Å². The van der Waals surface area contributed by atoms with Gasteiger partial charge in [0.15, 0.2) is 0 Å². The molecule has 1 heterocycles. The van der Waals surface area contributed by atoms with Crippen LogP contribution >= 0.6 is 11.3 Å². The van der Waals surface area contributed by atoms with Gasteiger partial charge in [0.1, 0.15) is 5.00 Å². The number of aromatic nitrogens is 1. The molecule has 0 atom stereocenters. The first kappa shape index (κ1) is 15.4. The number of anilines is 1. The van der Waals surface area contributed by atoms with E-state index in [2.05, 4.69) is 10.3 Å². The van der Waals surface area contributed by atoms with Crippen molar-refractivity contribution < 1.29 is 14.3 Å². The first-order valence-corrected chi connectivity index (χ1v) is 7.84. The Labute approximate surface area is 123 Å². The lowest BCUT2D eigenvalue weighted by Crippen LogP contribution is -2.30. The van der Waals surface area contributed by atoms with Crippen LogP contribution in [0.4, 0.5) is 5.00 Å². The average molecular weight is 298 g/mol. The van der Waals surface area contributed by atoms with E-state index >= 15 is 0 Å². The highest BCUT2D eigenvalue weighted by atomic mass is 32.1. The third kappa shape index (κ3) is 4.54. The van der Waals surface area contributed by atoms with Gasteiger partial charge in [0.2, 0.25) is 5.91 Å². The fourth-order valence-corrected chi connectivity index (χ4v) is 3.11. The normalized spacial score (nSPS) is 22.7. The van der Waals surface area contributed by atoms with Crippen molar-refractivity contribution in [2.75, 3.05) is 25.6 Å². The molecule has 6 heteroatoms. The van der Waals surface area contributed by atoms with E-state index in [9.17, 15) is 4.79 Å². The number of amides is 1. The molecule has 1 N–H and O–H groups in total. The monoisotopic (exact) mass is 298 g/mol. The van der Waals surface area contributed by atoms with Crippen LogP contribution in [-0.2, 0) is 14.3 Å². The zero-order valence-electron chi connectivity index (χ0n) is 12.1. The van der Waals surface area contributed by atoms with Gasteiger partial charge >= 0.3 is 0 Å². The van der Waals surface area contributed by atoms with Crippen molar-refractivity contribution in [3.63, 3.8) is 0 Å². The second-order valence-corrected chi connectivity index (χ2v) is 6.30. The molecular weight excluding hydrogens is 276 g/mol. The Morgan fingerprint density at radius 1 is 1.40 bits per heavy atom. The molecule has 1 aromatic heterocycles. The topological polar surface area (TPSA) is 60.5 Å². The zero-order chi connectivity index (χ0) is 14.4. The SMILES string of the molecule is COCCOC1CCC(C(=O)Nc2cnc(C)s2)CC1. The molecule has 1 aliphatic rings. The van der Waals surface area contributed by atoms with E-state index in [1.165, 1.54) is 11.3 Å². The van der Waals surface area contributed by atoms with Crippen LogP contribution in [0.15, 0.2) is 6.20 Å². The highest BCUT2D eigenvalue weighted by Gasteiger charge is 2.26. The summed E-state index contributed by atoms with van der Waals surface area (Å²) in [6, 6.07) is 0. The number of methoxy groups -OCH3 is 1. The van der Waals surface area contributed by atoms with E-state index in [1.807, 2.05) is 6.92 Å². The standard InChI is InChI=1S/C14H22N2O3S/c1-10-15-9-13(20-10)16-14(17)11-3-5-12(6-4-11)19-8-7-18-2/h9,11-12H,3-8H2,1-2H3,(H,16,17). The predicted octanol–water partition coefficient (Wildman–Crippen LogP) is 2.61. The number of aryl methyl sites for hydroxylation is 1. The number of ether oxygens (including phenoxy) is 2. The van der Waals surface area contributed by atoms with Crippen LogP contribution in [-0.4, -0.2) is 37.3 Å². The molecular formula is C14H22N2O3S. The van der Waals surface area contributed by atoms with Crippen LogP contribution in [0.25, 0.3) is 0 Å². The van der Waals surface area contributed by atoms with Crippen molar-refractivity contribution >= 4 is 22.2 Å². The Kier molecular flexibility index (Phi) is 5.94. The van der Waals surface area contributed by atoms with Crippen LogP contribution in [0.2, 0.25) is 0 Å². The highest BCUT2D eigenvalue weighted by Crippen LogP contribution is 2.28. The Hall–Kier alpha value is -0.980. The molecule has 1 aliphatic carbocycles. The number of carbonyl (C=O) groups is 1. The minimum absolute atomic E-state index is 0.0969. The summed E-state index contributed by atoms with van der Waals surface area (Å²) in [7, 11) is 1.67. The summed E-state index contributed by atoms with van der Waals surface area (Å²) in [6.07, 6.45) is 5.67. The van der Waals surface area contributed by atoms with Gasteiger partial charge in [-0.25, -0.2) is 4.98 Å². The van der Waals surface area contributed by atoms with Gasteiger partial charge in [-0.2, -0.15) is 0 Å². The molecule has 1 amide bonds. The van der Waals surface area contributed by atoms with Gasteiger partial charge in [0, 0.05) is 13.0 Å². The van der Waals surface area contributed by atoms with Crippen LogP contribution < -0.4 is 5.32 Å². The second kappa shape index (κ2) is 7.71. The molecule has 0 radical (unpaired) electrons. The smallest absolute Gasteiger partial charge is 0.228 e. The third-order valence-electron chi connectivity index (χ3n) is 3.55. The van der Waals surface area contributed by atoms with Crippen molar-refractivity contribution in [3.05, 3.63) is 11.2 Å². The minimum atomic E-state index is 0.0969. The van der Waals surface area contributed by atoms with Gasteiger partial charge in [-0.3, -0.25) is 4.79 Å². The molecule has 20 heavy (non-hydrogen) atoms. The molecule has 1 fully saturated rings. The van der Waals surface area contributed by atoms with E-state index in [0.29, 0.717) is 13.2 Å². The largest absolute Gasteiger partial charge is 0.382 e. The third-order valence-corrected chi connectivity index (χ3v) is 4.38. The van der Waals surface area contributed by atoms with Crippen molar-refractivity contribution in [3.8, 4) is 0 Å². The van der Waals surface area contributed by atoms with Crippen LogP contribution in [0.5, 0.6) is 0 Å². The fourth-order valence-electron chi connectivity index (χ4n) is 2.43. The fraction of sp³-hybridized carbons (Fsp3) is 0.714. The number of nitrogens with one attached hydrogen (secondary N) is 1. The van der Waals surface area contributed by atoms with Crippen molar-refractivity contribution in [2.45, 2.75) is 38.7 Å². The summed E-state index contributed by atoms with van der Waals surface area (Å²) >= 11 is 1.51. The summed E-state index contributed by atoms with van der Waals surface area (Å²) in [5, 5.41) is 4.76. The van der Waals surface area contributed by atoms with Gasteiger partial charge < -0.3 is 14.8 Å². The van der Waals surface area contributed by atoms with E-state index < -0.39 is 0 Å². The molecule has 0 aromatic carbocycles. The van der Waals surface area contributed by atoms with Crippen molar-refractivity contribution in [1.29, 1.82) is 0 Å². The lowest BCUT2D eigenvalue weighted by Gasteiger charge is -2.27. The van der Waals surface area contributed by atoms with Gasteiger partial charge in [-0.15, -0.1) is 11.3 Å². The first-order chi connectivity index (χ1) is 9.69. The van der Waals surface area contributed by atoms with Crippen LogP contribution in [0, 0.1) is 12.8 Å². The number of rotatable bonds is 6. The quantitative estimate of drug-likeness (QED) is 0.820. The number of carbonyl (C=O) groups excluding carboxylic acids is 1. The summed E-state index contributed by atoms with van der Waals surface area (Å²) in [5.74, 6) is 0.212. The predicted molar refractivity (Wildman–Crippen MR) is 79.1 cm³/mol. The molecule has 0 unspecified atom stereocenters. The van der Waals surface area contributed by atoms with Crippen molar-refractivity contribution in [2.24, 2.45) is 5.92 Å².